The highest BCUT2D eigenvalue weighted by Crippen LogP contribution is 2.28. The maximum Gasteiger partial charge on any atom is 0.407 e. The molecule has 4 amide bonds. The van der Waals surface area contributed by atoms with Crippen LogP contribution in [0.15, 0.2) is 0 Å². The molecule has 10 nitrogen and oxygen atoms in total. The second-order valence-electron chi connectivity index (χ2n) is 6.95. The molecule has 0 radical (unpaired) electrons. The van der Waals surface area contributed by atoms with E-state index in [0.717, 1.165) is 0 Å². The number of carbonyl (C=O) groups is 3. The van der Waals surface area contributed by atoms with E-state index in [0.29, 0.717) is 24.4 Å². The van der Waals surface area contributed by atoms with Gasteiger partial charge in [0.05, 0.1) is 19.2 Å². The Kier molecular flexibility index (Phi) is 5.19. The van der Waals surface area contributed by atoms with Gasteiger partial charge in [-0.2, -0.15) is 0 Å². The van der Waals surface area contributed by atoms with Crippen LogP contribution < -0.4 is 5.48 Å². The first kappa shape index (κ1) is 18.3. The SMILES string of the molecule is CC(C)(C)N(CCONC(=O)[C@@H]1CC[C@@H]2CN1C(=O)N2O)C(=O)O. The van der Waals surface area contributed by atoms with E-state index in [2.05, 4.69) is 5.48 Å². The Labute approximate surface area is 139 Å². The van der Waals surface area contributed by atoms with Crippen molar-refractivity contribution in [1.82, 2.24) is 20.3 Å². The van der Waals surface area contributed by atoms with E-state index in [1.807, 2.05) is 0 Å². The molecule has 2 atom stereocenters. The van der Waals surface area contributed by atoms with E-state index in [1.165, 1.54) is 9.80 Å². The second-order valence-corrected chi connectivity index (χ2v) is 6.95. The molecule has 2 fully saturated rings. The number of hydroxylamine groups is 3. The van der Waals surface area contributed by atoms with Gasteiger partial charge in [-0.25, -0.2) is 20.1 Å². The zero-order valence-corrected chi connectivity index (χ0v) is 14.1. The first-order valence-corrected chi connectivity index (χ1v) is 7.84. The number of amides is 4. The van der Waals surface area contributed by atoms with Crippen molar-refractivity contribution in [1.29, 1.82) is 0 Å². The van der Waals surface area contributed by atoms with Crippen molar-refractivity contribution >= 4 is 18.0 Å². The van der Waals surface area contributed by atoms with Gasteiger partial charge in [-0.3, -0.25) is 14.8 Å². The summed E-state index contributed by atoms with van der Waals surface area (Å²) in [6.07, 6.45) is -0.0963. The number of rotatable bonds is 5. The summed E-state index contributed by atoms with van der Waals surface area (Å²) in [7, 11) is 0. The van der Waals surface area contributed by atoms with E-state index >= 15 is 0 Å². The Morgan fingerprint density at radius 2 is 2.04 bits per heavy atom. The number of nitrogens with one attached hydrogen (secondary N) is 1. The summed E-state index contributed by atoms with van der Waals surface area (Å²) in [5.74, 6) is -0.477. The van der Waals surface area contributed by atoms with Gasteiger partial charge in [0.15, 0.2) is 0 Å². The third kappa shape index (κ3) is 3.70. The van der Waals surface area contributed by atoms with Crippen molar-refractivity contribution in [2.75, 3.05) is 19.7 Å². The Bertz CT molecular complexity index is 520. The van der Waals surface area contributed by atoms with Crippen LogP contribution >= 0.6 is 0 Å². The van der Waals surface area contributed by atoms with Crippen molar-refractivity contribution in [3.05, 3.63) is 0 Å². The molecule has 2 aliphatic rings. The first-order valence-electron chi connectivity index (χ1n) is 7.84. The molecule has 0 spiro atoms. The zero-order chi connectivity index (χ0) is 18.1. The van der Waals surface area contributed by atoms with Gasteiger partial charge in [-0.1, -0.05) is 0 Å². The summed E-state index contributed by atoms with van der Waals surface area (Å²) in [5.41, 5.74) is 1.68. The summed E-state index contributed by atoms with van der Waals surface area (Å²) < 4.78 is 0. The molecule has 2 aliphatic heterocycles. The fourth-order valence-corrected chi connectivity index (χ4v) is 2.97. The molecule has 0 aliphatic carbocycles. The van der Waals surface area contributed by atoms with E-state index in [-0.39, 0.29) is 19.2 Å². The molecule has 10 heteroatoms. The smallest absolute Gasteiger partial charge is 0.407 e. The lowest BCUT2D eigenvalue weighted by Crippen LogP contribution is -2.50. The number of fused-ring (bicyclic) bond motifs is 2. The number of hydrogen-bond donors (Lipinski definition) is 3. The van der Waals surface area contributed by atoms with E-state index in [1.54, 1.807) is 20.8 Å². The normalized spacial score (nSPS) is 23.4. The van der Waals surface area contributed by atoms with E-state index in [9.17, 15) is 19.6 Å². The van der Waals surface area contributed by atoms with Crippen LogP contribution in [0.4, 0.5) is 9.59 Å². The Balaban J connectivity index is 1.80. The van der Waals surface area contributed by atoms with Gasteiger partial charge in [0.2, 0.25) is 0 Å². The van der Waals surface area contributed by atoms with Gasteiger partial charge in [0.1, 0.15) is 6.04 Å². The molecule has 2 heterocycles. The molecule has 136 valence electrons. The summed E-state index contributed by atoms with van der Waals surface area (Å²) in [4.78, 5) is 42.7. The van der Waals surface area contributed by atoms with Crippen LogP contribution in [-0.2, 0) is 9.63 Å². The van der Waals surface area contributed by atoms with Gasteiger partial charge >= 0.3 is 12.1 Å². The fourth-order valence-electron chi connectivity index (χ4n) is 2.97. The number of nitrogens with zero attached hydrogens (tertiary/aromatic N) is 3. The predicted molar refractivity (Wildman–Crippen MR) is 81.1 cm³/mol. The van der Waals surface area contributed by atoms with Gasteiger partial charge in [0.25, 0.3) is 5.91 Å². The molecule has 0 aromatic rings. The highest BCUT2D eigenvalue weighted by atomic mass is 16.7. The molecule has 0 saturated carbocycles. The van der Waals surface area contributed by atoms with Crippen LogP contribution in [0.3, 0.4) is 0 Å². The van der Waals surface area contributed by atoms with Gasteiger partial charge < -0.3 is 14.9 Å². The van der Waals surface area contributed by atoms with Crippen molar-refractivity contribution in [2.45, 2.75) is 51.2 Å². The molecular weight excluding hydrogens is 320 g/mol. The maximum atomic E-state index is 12.2. The number of carbonyl (C=O) groups excluding carboxylic acids is 2. The molecule has 24 heavy (non-hydrogen) atoms. The quantitative estimate of drug-likeness (QED) is 0.378. The zero-order valence-electron chi connectivity index (χ0n) is 14.1. The Morgan fingerprint density at radius 1 is 1.38 bits per heavy atom. The number of urea groups is 1. The molecule has 0 aromatic heterocycles. The lowest BCUT2D eigenvalue weighted by Gasteiger charge is -2.33. The van der Waals surface area contributed by atoms with Crippen molar-refractivity contribution in [3.8, 4) is 0 Å². The van der Waals surface area contributed by atoms with Crippen LogP contribution in [0.25, 0.3) is 0 Å². The summed E-state index contributed by atoms with van der Waals surface area (Å²) >= 11 is 0. The van der Waals surface area contributed by atoms with Gasteiger partial charge in [-0.05, 0) is 33.6 Å². The first-order chi connectivity index (χ1) is 11.1. The van der Waals surface area contributed by atoms with Crippen LogP contribution in [0, 0.1) is 0 Å². The monoisotopic (exact) mass is 344 g/mol. The van der Waals surface area contributed by atoms with Gasteiger partial charge in [-0.15, -0.1) is 0 Å². The molecule has 0 unspecified atom stereocenters. The third-order valence-corrected chi connectivity index (χ3v) is 4.28. The largest absolute Gasteiger partial charge is 0.465 e. The molecule has 0 aromatic carbocycles. The number of hydrogen-bond acceptors (Lipinski definition) is 5. The standard InChI is InChI=1S/C14H24N4O6/c1-14(2,3)17(13(21)22)6-7-24-15-11(19)10-5-4-9-8-16(10)12(20)18(9)23/h9-10,23H,4-8H2,1-3H3,(H,15,19)(H,21,22)/t9-,10+/m1/s1. The maximum absolute atomic E-state index is 12.2. The summed E-state index contributed by atoms with van der Waals surface area (Å²) in [5, 5.41) is 19.4. The Hall–Kier alpha value is -2.07. The lowest BCUT2D eigenvalue weighted by molar-refractivity contribution is -0.139. The minimum absolute atomic E-state index is 0.00920. The van der Waals surface area contributed by atoms with E-state index < -0.39 is 29.6 Å². The Morgan fingerprint density at radius 3 is 2.62 bits per heavy atom. The average Bonchev–Trinajstić information content (AvgIpc) is 2.70. The van der Waals surface area contributed by atoms with Crippen LogP contribution in [0.1, 0.15) is 33.6 Å². The molecule has 2 bridgehead atoms. The molecular formula is C14H24N4O6. The van der Waals surface area contributed by atoms with Crippen LogP contribution in [0.2, 0.25) is 0 Å². The lowest BCUT2D eigenvalue weighted by atomic mass is 10.0. The van der Waals surface area contributed by atoms with Crippen molar-refractivity contribution < 1.29 is 29.5 Å². The van der Waals surface area contributed by atoms with Crippen molar-refractivity contribution in [3.63, 3.8) is 0 Å². The molecule has 3 N–H and O–H groups in total. The summed E-state index contributed by atoms with van der Waals surface area (Å²) in [6.45, 7) is 5.68. The van der Waals surface area contributed by atoms with Crippen LogP contribution in [-0.4, -0.2) is 80.5 Å². The number of carboxylic acid groups (broad SMARTS) is 1. The average molecular weight is 344 g/mol. The fraction of sp³-hybridized carbons (Fsp3) is 0.786. The van der Waals surface area contributed by atoms with Gasteiger partial charge in [0, 0.05) is 12.1 Å². The minimum Gasteiger partial charge on any atom is -0.465 e. The second kappa shape index (κ2) is 6.81. The minimum atomic E-state index is -1.07. The predicted octanol–water partition coefficient (Wildman–Crippen LogP) is 0.471. The third-order valence-electron chi connectivity index (χ3n) is 4.28. The highest BCUT2D eigenvalue weighted by Gasteiger charge is 2.46. The topological polar surface area (TPSA) is 123 Å². The molecule has 2 rings (SSSR count). The number of piperidine rings is 1. The summed E-state index contributed by atoms with van der Waals surface area (Å²) in [6, 6.07) is -1.54. The highest BCUT2D eigenvalue weighted by molar-refractivity contribution is 5.87. The van der Waals surface area contributed by atoms with E-state index in [4.69, 9.17) is 9.94 Å². The molecule has 2 saturated heterocycles. The van der Waals surface area contributed by atoms with Crippen LogP contribution in [0.5, 0.6) is 0 Å². The van der Waals surface area contributed by atoms with Crippen molar-refractivity contribution in [2.24, 2.45) is 0 Å².